The number of aliphatic hydroxyl groups excluding tert-OH is 1. The van der Waals surface area contributed by atoms with E-state index in [4.69, 9.17) is 5.11 Å². The zero-order chi connectivity index (χ0) is 14.0. The average Bonchev–Trinajstić information content (AvgIpc) is 2.41. The molecule has 0 aliphatic carbocycles. The molecule has 0 aliphatic heterocycles. The van der Waals surface area contributed by atoms with Crippen molar-refractivity contribution in [2.75, 3.05) is 0 Å². The van der Waals surface area contributed by atoms with Crippen LogP contribution in [-0.4, -0.2) is 22.3 Å². The van der Waals surface area contributed by atoms with Crippen molar-refractivity contribution in [1.29, 1.82) is 0 Å². The van der Waals surface area contributed by atoms with E-state index in [0.29, 0.717) is 19.3 Å². The Morgan fingerprint density at radius 1 is 1.22 bits per heavy atom. The van der Waals surface area contributed by atoms with Crippen molar-refractivity contribution < 1.29 is 15.0 Å². The van der Waals surface area contributed by atoms with Gasteiger partial charge >= 0.3 is 5.97 Å². The maximum absolute atomic E-state index is 11.0. The largest absolute Gasteiger partial charge is 0.481 e. The highest BCUT2D eigenvalue weighted by Gasteiger charge is 2.20. The molecule has 18 heavy (non-hydrogen) atoms. The Kier molecular flexibility index (Phi) is 8.93. The van der Waals surface area contributed by atoms with Gasteiger partial charge in [0.1, 0.15) is 0 Å². The molecular weight excluding hydrogens is 228 g/mol. The molecule has 0 amide bonds. The van der Waals surface area contributed by atoms with Crippen molar-refractivity contribution in [3.8, 4) is 0 Å². The summed E-state index contributed by atoms with van der Waals surface area (Å²) in [5, 5.41) is 18.6. The van der Waals surface area contributed by atoms with E-state index in [1.54, 1.807) is 0 Å². The molecule has 0 bridgehead atoms. The molecule has 0 heterocycles. The standard InChI is InChI=1S/C13H18O3.C2H6/c1-2-12(14)9-11(13(15)16)8-10-6-4-3-5-7-10;1-2/h3-7,11-12,14H,2,8-9H2,1H3,(H,15,16);1-2H3/t11-,12-;/m1./s1. The summed E-state index contributed by atoms with van der Waals surface area (Å²) in [5.74, 6) is -1.34. The third-order valence-corrected chi connectivity index (χ3v) is 2.70. The third kappa shape index (κ3) is 6.40. The molecule has 2 atom stereocenters. The summed E-state index contributed by atoms with van der Waals surface area (Å²) < 4.78 is 0. The zero-order valence-electron chi connectivity index (χ0n) is 11.5. The first kappa shape index (κ1) is 16.6. The number of benzene rings is 1. The molecule has 1 rings (SSSR count). The molecule has 2 N–H and O–H groups in total. The normalized spacial score (nSPS) is 13.1. The number of rotatable bonds is 6. The molecule has 3 nitrogen and oxygen atoms in total. The van der Waals surface area contributed by atoms with Crippen LogP contribution in [0.15, 0.2) is 30.3 Å². The first-order valence-corrected chi connectivity index (χ1v) is 6.58. The Hall–Kier alpha value is -1.35. The number of carboxylic acid groups (broad SMARTS) is 1. The second-order valence-electron chi connectivity index (χ2n) is 4.02. The van der Waals surface area contributed by atoms with E-state index in [-0.39, 0.29) is 0 Å². The highest BCUT2D eigenvalue weighted by Crippen LogP contribution is 2.16. The van der Waals surface area contributed by atoms with Crippen molar-refractivity contribution in [2.24, 2.45) is 5.92 Å². The molecule has 0 aliphatic rings. The number of carboxylic acids is 1. The number of aliphatic carboxylic acids is 1. The van der Waals surface area contributed by atoms with Crippen molar-refractivity contribution in [2.45, 2.75) is 46.1 Å². The Morgan fingerprint density at radius 3 is 2.22 bits per heavy atom. The molecule has 0 radical (unpaired) electrons. The van der Waals surface area contributed by atoms with Gasteiger partial charge in [-0.2, -0.15) is 0 Å². The van der Waals surface area contributed by atoms with E-state index in [1.165, 1.54) is 0 Å². The van der Waals surface area contributed by atoms with Crippen LogP contribution in [0.2, 0.25) is 0 Å². The number of aliphatic hydroxyl groups is 1. The van der Waals surface area contributed by atoms with Crippen molar-refractivity contribution in [3.05, 3.63) is 35.9 Å². The molecule has 0 fully saturated rings. The van der Waals surface area contributed by atoms with Gasteiger partial charge in [0.2, 0.25) is 0 Å². The Labute approximate surface area is 109 Å². The molecule has 1 aromatic carbocycles. The van der Waals surface area contributed by atoms with Crippen LogP contribution in [0.3, 0.4) is 0 Å². The molecule has 1 aromatic rings. The minimum Gasteiger partial charge on any atom is -0.481 e. The lowest BCUT2D eigenvalue weighted by atomic mass is 9.93. The summed E-state index contributed by atoms with van der Waals surface area (Å²) in [6, 6.07) is 9.51. The summed E-state index contributed by atoms with van der Waals surface area (Å²) in [6.45, 7) is 5.85. The predicted octanol–water partition coefficient (Wildman–Crippen LogP) is 3.12. The van der Waals surface area contributed by atoms with E-state index in [1.807, 2.05) is 51.1 Å². The van der Waals surface area contributed by atoms with Crippen molar-refractivity contribution in [1.82, 2.24) is 0 Å². The minimum atomic E-state index is -0.837. The maximum Gasteiger partial charge on any atom is 0.306 e. The van der Waals surface area contributed by atoms with E-state index < -0.39 is 18.0 Å². The smallest absolute Gasteiger partial charge is 0.306 e. The SMILES string of the molecule is CC.CC[C@@H](O)C[C@@H](Cc1ccccc1)C(=O)O. The van der Waals surface area contributed by atoms with E-state index >= 15 is 0 Å². The lowest BCUT2D eigenvalue weighted by molar-refractivity contribution is -0.142. The van der Waals surface area contributed by atoms with Crippen LogP contribution in [0.4, 0.5) is 0 Å². The Bertz CT molecular complexity index is 322. The fraction of sp³-hybridized carbons (Fsp3) is 0.533. The lowest BCUT2D eigenvalue weighted by Gasteiger charge is -2.15. The van der Waals surface area contributed by atoms with Crippen LogP contribution in [0.5, 0.6) is 0 Å². The number of hydrogen-bond donors (Lipinski definition) is 2. The molecule has 0 saturated heterocycles. The van der Waals surface area contributed by atoms with Gasteiger partial charge in [0.15, 0.2) is 0 Å². The molecule has 102 valence electrons. The Balaban J connectivity index is 0.00000137. The van der Waals surface area contributed by atoms with Crippen LogP contribution in [-0.2, 0) is 11.2 Å². The molecule has 0 saturated carbocycles. The lowest BCUT2D eigenvalue weighted by Crippen LogP contribution is -2.22. The van der Waals surface area contributed by atoms with Crippen LogP contribution in [0.1, 0.15) is 39.2 Å². The quantitative estimate of drug-likeness (QED) is 0.817. The fourth-order valence-corrected chi connectivity index (χ4v) is 1.67. The molecule has 0 aromatic heterocycles. The van der Waals surface area contributed by atoms with Gasteiger partial charge in [-0.15, -0.1) is 0 Å². The first-order chi connectivity index (χ1) is 8.63. The maximum atomic E-state index is 11.0. The predicted molar refractivity (Wildman–Crippen MR) is 73.5 cm³/mol. The highest BCUT2D eigenvalue weighted by molar-refractivity contribution is 5.70. The summed E-state index contributed by atoms with van der Waals surface area (Å²) >= 11 is 0. The summed E-state index contributed by atoms with van der Waals surface area (Å²) in [4.78, 5) is 11.0. The van der Waals surface area contributed by atoms with Crippen LogP contribution >= 0.6 is 0 Å². The van der Waals surface area contributed by atoms with Gasteiger partial charge in [-0.1, -0.05) is 51.1 Å². The van der Waals surface area contributed by atoms with Crippen LogP contribution in [0.25, 0.3) is 0 Å². The Morgan fingerprint density at radius 2 is 1.78 bits per heavy atom. The average molecular weight is 252 g/mol. The topological polar surface area (TPSA) is 57.5 Å². The highest BCUT2D eigenvalue weighted by atomic mass is 16.4. The van der Waals surface area contributed by atoms with Gasteiger partial charge in [0.25, 0.3) is 0 Å². The zero-order valence-corrected chi connectivity index (χ0v) is 11.5. The van der Waals surface area contributed by atoms with Gasteiger partial charge in [0, 0.05) is 0 Å². The van der Waals surface area contributed by atoms with Crippen LogP contribution in [0, 0.1) is 5.92 Å². The second kappa shape index (κ2) is 9.66. The monoisotopic (exact) mass is 252 g/mol. The van der Waals surface area contributed by atoms with Gasteiger partial charge in [-0.25, -0.2) is 0 Å². The summed E-state index contributed by atoms with van der Waals surface area (Å²) in [6.07, 6.45) is 0.872. The van der Waals surface area contributed by atoms with E-state index in [0.717, 1.165) is 5.56 Å². The molecule has 0 spiro atoms. The van der Waals surface area contributed by atoms with Gasteiger partial charge < -0.3 is 10.2 Å². The van der Waals surface area contributed by atoms with E-state index in [2.05, 4.69) is 0 Å². The number of carbonyl (C=O) groups is 1. The van der Waals surface area contributed by atoms with Gasteiger partial charge in [-0.05, 0) is 24.8 Å². The van der Waals surface area contributed by atoms with E-state index in [9.17, 15) is 9.90 Å². The van der Waals surface area contributed by atoms with Gasteiger partial charge in [-0.3, -0.25) is 4.79 Å². The third-order valence-electron chi connectivity index (χ3n) is 2.70. The number of hydrogen-bond acceptors (Lipinski definition) is 2. The first-order valence-electron chi connectivity index (χ1n) is 6.58. The summed E-state index contributed by atoms with van der Waals surface area (Å²) in [7, 11) is 0. The van der Waals surface area contributed by atoms with Crippen molar-refractivity contribution >= 4 is 5.97 Å². The van der Waals surface area contributed by atoms with Crippen LogP contribution < -0.4 is 0 Å². The summed E-state index contributed by atoms with van der Waals surface area (Å²) in [5.41, 5.74) is 0.998. The second-order valence-corrected chi connectivity index (χ2v) is 4.02. The van der Waals surface area contributed by atoms with Crippen molar-refractivity contribution in [3.63, 3.8) is 0 Å². The fourth-order valence-electron chi connectivity index (χ4n) is 1.67. The molecular formula is C15H24O3. The molecule has 0 unspecified atom stereocenters. The van der Waals surface area contributed by atoms with Gasteiger partial charge in [0.05, 0.1) is 12.0 Å². The minimum absolute atomic E-state index is 0.320. The molecule has 3 heteroatoms.